The van der Waals surface area contributed by atoms with E-state index in [1.165, 1.54) is 5.56 Å². The smallest absolute Gasteiger partial charge is 0.237 e. The van der Waals surface area contributed by atoms with Crippen LogP contribution in [-0.4, -0.2) is 36.5 Å². The van der Waals surface area contributed by atoms with Crippen LogP contribution >= 0.6 is 15.9 Å². The maximum Gasteiger partial charge on any atom is 0.237 e. The maximum absolute atomic E-state index is 12.0. The van der Waals surface area contributed by atoms with Crippen molar-refractivity contribution in [1.29, 1.82) is 0 Å². The fourth-order valence-electron chi connectivity index (χ4n) is 3.03. The summed E-state index contributed by atoms with van der Waals surface area (Å²) in [6.45, 7) is 2.92. The topological polar surface area (TPSA) is 58.4 Å². The van der Waals surface area contributed by atoms with Crippen molar-refractivity contribution in [1.82, 2.24) is 10.2 Å². The highest BCUT2D eigenvalue weighted by atomic mass is 79.9. The van der Waals surface area contributed by atoms with Gasteiger partial charge in [0.2, 0.25) is 5.91 Å². The Morgan fingerprint density at radius 3 is 2.65 bits per heavy atom. The zero-order valence-corrected chi connectivity index (χ0v) is 13.6. The Morgan fingerprint density at radius 1 is 1.45 bits per heavy atom. The first-order valence-electron chi connectivity index (χ1n) is 7.03. The molecule has 4 nitrogen and oxygen atoms in total. The summed E-state index contributed by atoms with van der Waals surface area (Å²) >= 11 is 3.45. The highest BCUT2D eigenvalue weighted by Crippen LogP contribution is 2.32. The first kappa shape index (κ1) is 15.5. The maximum atomic E-state index is 12.0. The number of rotatable bonds is 4. The summed E-state index contributed by atoms with van der Waals surface area (Å²) in [5, 5.41) is 2.76. The minimum absolute atomic E-state index is 0.0265. The second-order valence-corrected chi connectivity index (χ2v) is 6.28. The van der Waals surface area contributed by atoms with Crippen molar-refractivity contribution in [3.8, 4) is 0 Å². The normalized spacial score (nSPS) is 22.5. The molecule has 1 heterocycles. The third kappa shape index (κ3) is 3.22. The van der Waals surface area contributed by atoms with Crippen molar-refractivity contribution in [2.75, 3.05) is 13.6 Å². The van der Waals surface area contributed by atoms with Crippen molar-refractivity contribution in [2.24, 2.45) is 5.73 Å². The van der Waals surface area contributed by atoms with E-state index >= 15 is 0 Å². The van der Waals surface area contributed by atoms with Crippen LogP contribution in [0.2, 0.25) is 0 Å². The molecule has 3 N–H and O–H groups in total. The van der Waals surface area contributed by atoms with E-state index < -0.39 is 0 Å². The van der Waals surface area contributed by atoms with Crippen LogP contribution in [0.15, 0.2) is 28.7 Å². The van der Waals surface area contributed by atoms with Gasteiger partial charge in [-0.05, 0) is 44.0 Å². The van der Waals surface area contributed by atoms with E-state index in [2.05, 4.69) is 38.3 Å². The summed E-state index contributed by atoms with van der Waals surface area (Å²) < 4.78 is 1.05. The Balaban J connectivity index is 2.28. The highest BCUT2D eigenvalue weighted by molar-refractivity contribution is 9.10. The molecule has 0 aromatic heterocycles. The highest BCUT2D eigenvalue weighted by Gasteiger charge is 2.37. The van der Waals surface area contributed by atoms with Gasteiger partial charge in [0.1, 0.15) is 0 Å². The van der Waals surface area contributed by atoms with E-state index in [1.807, 2.05) is 19.1 Å². The first-order chi connectivity index (χ1) is 9.54. The Hall–Kier alpha value is -0.910. The molecule has 0 radical (unpaired) electrons. The van der Waals surface area contributed by atoms with Gasteiger partial charge >= 0.3 is 0 Å². The van der Waals surface area contributed by atoms with Crippen LogP contribution in [0, 0.1) is 0 Å². The molecule has 1 saturated heterocycles. The van der Waals surface area contributed by atoms with Crippen molar-refractivity contribution in [3.63, 3.8) is 0 Å². The van der Waals surface area contributed by atoms with Gasteiger partial charge in [-0.25, -0.2) is 0 Å². The number of halogens is 1. The quantitative estimate of drug-likeness (QED) is 0.882. The van der Waals surface area contributed by atoms with Crippen molar-refractivity contribution >= 4 is 21.8 Å². The van der Waals surface area contributed by atoms with Gasteiger partial charge in [0, 0.05) is 17.6 Å². The lowest BCUT2D eigenvalue weighted by Gasteiger charge is -2.35. The van der Waals surface area contributed by atoms with Crippen LogP contribution in [0.25, 0.3) is 0 Å². The fraction of sp³-hybridized carbons (Fsp3) is 0.533. The number of amides is 1. The van der Waals surface area contributed by atoms with Crippen LogP contribution in [0.3, 0.4) is 0 Å². The zero-order chi connectivity index (χ0) is 14.7. The molecule has 0 aliphatic carbocycles. The molecule has 5 heteroatoms. The van der Waals surface area contributed by atoms with Crippen molar-refractivity contribution in [2.45, 2.75) is 37.9 Å². The number of nitrogens with zero attached hydrogens (tertiary/aromatic N) is 1. The van der Waals surface area contributed by atoms with E-state index in [-0.39, 0.29) is 24.0 Å². The molecule has 1 amide bonds. The summed E-state index contributed by atoms with van der Waals surface area (Å²) in [7, 11) is 1.69. The number of hydrogen-bond acceptors (Lipinski definition) is 3. The Labute approximate surface area is 128 Å². The molecule has 20 heavy (non-hydrogen) atoms. The first-order valence-corrected chi connectivity index (χ1v) is 7.82. The predicted molar refractivity (Wildman–Crippen MR) is 84.3 cm³/mol. The van der Waals surface area contributed by atoms with Crippen LogP contribution in [0.5, 0.6) is 0 Å². The Morgan fingerprint density at radius 2 is 2.10 bits per heavy atom. The van der Waals surface area contributed by atoms with Gasteiger partial charge in [-0.3, -0.25) is 9.69 Å². The SMILES string of the molecule is CNC(=O)C1CCCN1C(c1ccc(Br)cc1)C(C)N. The average molecular weight is 340 g/mol. The lowest BCUT2D eigenvalue weighted by molar-refractivity contribution is -0.125. The average Bonchev–Trinajstić information content (AvgIpc) is 2.89. The number of benzene rings is 1. The fourth-order valence-corrected chi connectivity index (χ4v) is 3.29. The van der Waals surface area contributed by atoms with E-state index in [0.717, 1.165) is 23.9 Å². The molecule has 1 aromatic carbocycles. The lowest BCUT2D eigenvalue weighted by atomic mass is 9.98. The molecule has 0 bridgehead atoms. The van der Waals surface area contributed by atoms with Crippen LogP contribution in [0.1, 0.15) is 31.4 Å². The second kappa shape index (κ2) is 6.70. The summed E-state index contributed by atoms with van der Waals surface area (Å²) in [6.07, 6.45) is 1.94. The number of likely N-dealkylation sites (N-methyl/N-ethyl adjacent to an activating group) is 1. The molecule has 0 saturated carbocycles. The van der Waals surface area contributed by atoms with Crippen LogP contribution in [0.4, 0.5) is 0 Å². The third-order valence-electron chi connectivity index (χ3n) is 3.91. The number of carbonyl (C=O) groups is 1. The minimum atomic E-state index is -0.0698. The zero-order valence-electron chi connectivity index (χ0n) is 12.0. The molecule has 3 atom stereocenters. The van der Waals surface area contributed by atoms with Gasteiger partial charge in [0.05, 0.1) is 12.1 Å². The minimum Gasteiger partial charge on any atom is -0.358 e. The van der Waals surface area contributed by atoms with E-state index in [1.54, 1.807) is 7.05 Å². The standard InChI is InChI=1S/C15H22BrN3O/c1-10(17)14(11-5-7-12(16)8-6-11)19-9-3-4-13(19)15(20)18-2/h5-8,10,13-14H,3-4,9,17H2,1-2H3,(H,18,20). The van der Waals surface area contributed by atoms with Gasteiger partial charge in [-0.2, -0.15) is 0 Å². The lowest BCUT2D eigenvalue weighted by Crippen LogP contribution is -2.48. The molecule has 2 rings (SSSR count). The number of likely N-dealkylation sites (tertiary alicyclic amines) is 1. The van der Waals surface area contributed by atoms with E-state index in [9.17, 15) is 4.79 Å². The van der Waals surface area contributed by atoms with E-state index in [0.29, 0.717) is 0 Å². The molecule has 0 spiro atoms. The predicted octanol–water partition coefficient (Wildman–Crippen LogP) is 2.05. The largest absolute Gasteiger partial charge is 0.358 e. The van der Waals surface area contributed by atoms with Gasteiger partial charge in [-0.15, -0.1) is 0 Å². The summed E-state index contributed by atoms with van der Waals surface area (Å²) in [6, 6.07) is 8.19. The van der Waals surface area contributed by atoms with Crippen molar-refractivity contribution < 1.29 is 4.79 Å². The molecule has 3 unspecified atom stereocenters. The molecule has 1 aliphatic rings. The van der Waals surface area contributed by atoms with Gasteiger partial charge in [0.15, 0.2) is 0 Å². The van der Waals surface area contributed by atoms with Crippen LogP contribution < -0.4 is 11.1 Å². The summed E-state index contributed by atoms with van der Waals surface area (Å²) in [5.74, 6) is 0.0882. The molecular weight excluding hydrogens is 318 g/mol. The number of nitrogens with two attached hydrogens (primary N) is 1. The molecule has 1 aromatic rings. The number of nitrogens with one attached hydrogen (secondary N) is 1. The molecule has 1 aliphatic heterocycles. The summed E-state index contributed by atoms with van der Waals surface area (Å²) in [5.41, 5.74) is 7.37. The van der Waals surface area contributed by atoms with Gasteiger partial charge < -0.3 is 11.1 Å². The summed E-state index contributed by atoms with van der Waals surface area (Å²) in [4.78, 5) is 14.3. The van der Waals surface area contributed by atoms with E-state index in [4.69, 9.17) is 5.73 Å². The van der Waals surface area contributed by atoms with Crippen LogP contribution in [-0.2, 0) is 4.79 Å². The Kier molecular flexibility index (Phi) is 5.18. The van der Waals surface area contributed by atoms with Crippen molar-refractivity contribution in [3.05, 3.63) is 34.3 Å². The molecule has 110 valence electrons. The molecule has 1 fully saturated rings. The molecular formula is C15H22BrN3O. The monoisotopic (exact) mass is 339 g/mol. The Bertz CT molecular complexity index is 461. The third-order valence-corrected chi connectivity index (χ3v) is 4.44. The van der Waals surface area contributed by atoms with Gasteiger partial charge in [0.25, 0.3) is 0 Å². The second-order valence-electron chi connectivity index (χ2n) is 5.37. The number of hydrogen-bond donors (Lipinski definition) is 2. The number of carbonyl (C=O) groups excluding carboxylic acids is 1. The van der Waals surface area contributed by atoms with Gasteiger partial charge in [-0.1, -0.05) is 28.1 Å².